The van der Waals surface area contributed by atoms with Gasteiger partial charge in [-0.3, -0.25) is 4.98 Å². The van der Waals surface area contributed by atoms with Crippen molar-refractivity contribution in [2.75, 3.05) is 0 Å². The third-order valence-corrected chi connectivity index (χ3v) is 6.33. The highest BCUT2D eigenvalue weighted by molar-refractivity contribution is 9.09. The van der Waals surface area contributed by atoms with Crippen LogP contribution < -0.4 is 0 Å². The minimum atomic E-state index is 0.697. The summed E-state index contributed by atoms with van der Waals surface area (Å²) in [5.41, 5.74) is 1.43. The maximum atomic E-state index is 4.09. The van der Waals surface area contributed by atoms with Crippen LogP contribution in [0.4, 0.5) is 0 Å². The summed E-state index contributed by atoms with van der Waals surface area (Å²) >= 11 is 3.96. The van der Waals surface area contributed by atoms with Crippen LogP contribution in [0.3, 0.4) is 0 Å². The van der Waals surface area contributed by atoms with E-state index in [1.165, 1.54) is 24.8 Å². The molecule has 1 aromatic heterocycles. The van der Waals surface area contributed by atoms with Crippen LogP contribution in [0.15, 0.2) is 24.5 Å². The highest BCUT2D eigenvalue weighted by Gasteiger charge is 2.66. The number of hydrogen-bond donors (Lipinski definition) is 0. The highest BCUT2D eigenvalue weighted by Crippen LogP contribution is 2.71. The lowest BCUT2D eigenvalue weighted by Crippen LogP contribution is -2.12. The molecular formula is C15H18BrN. The summed E-state index contributed by atoms with van der Waals surface area (Å²) in [4.78, 5) is 4.79. The molecule has 4 rings (SSSR count). The van der Waals surface area contributed by atoms with Gasteiger partial charge in [-0.25, -0.2) is 0 Å². The van der Waals surface area contributed by atoms with Gasteiger partial charge in [0.15, 0.2) is 0 Å². The second-order valence-corrected chi connectivity index (χ2v) is 7.32. The molecule has 5 atom stereocenters. The van der Waals surface area contributed by atoms with Crippen molar-refractivity contribution in [3.8, 4) is 0 Å². The zero-order valence-corrected chi connectivity index (χ0v) is 11.5. The van der Waals surface area contributed by atoms with Gasteiger partial charge in [0.2, 0.25) is 0 Å². The lowest BCUT2D eigenvalue weighted by Gasteiger charge is -2.14. The predicted molar refractivity (Wildman–Crippen MR) is 72.0 cm³/mol. The molecule has 0 saturated heterocycles. The molecule has 0 radical (unpaired) electrons. The minimum absolute atomic E-state index is 0.697. The van der Waals surface area contributed by atoms with E-state index in [1.54, 1.807) is 6.42 Å². The molecule has 0 aliphatic heterocycles. The number of aromatic nitrogens is 1. The fraction of sp³-hybridized carbons (Fsp3) is 0.667. The average Bonchev–Trinajstić information content (AvgIpc) is 2.80. The summed E-state index contributed by atoms with van der Waals surface area (Å²) in [5, 5.41) is 0. The molecule has 1 nitrogen and oxygen atoms in total. The fourth-order valence-electron chi connectivity index (χ4n) is 4.76. The maximum absolute atomic E-state index is 4.09. The Morgan fingerprint density at radius 2 is 1.82 bits per heavy atom. The van der Waals surface area contributed by atoms with Gasteiger partial charge in [0.1, 0.15) is 0 Å². The molecule has 1 heterocycles. The number of alkyl halides is 1. The Labute approximate surface area is 111 Å². The van der Waals surface area contributed by atoms with E-state index in [1.807, 2.05) is 12.4 Å². The Balaban J connectivity index is 1.44. The molecule has 0 N–H and O–H groups in total. The van der Waals surface area contributed by atoms with E-state index in [0.29, 0.717) is 4.83 Å². The monoisotopic (exact) mass is 291 g/mol. The summed E-state index contributed by atoms with van der Waals surface area (Å²) in [6, 6.07) is 4.31. The molecule has 3 aliphatic carbocycles. The number of nitrogens with zero attached hydrogens (tertiary/aromatic N) is 1. The quantitative estimate of drug-likeness (QED) is 0.774. The first-order valence-electron chi connectivity index (χ1n) is 6.87. The Kier molecular flexibility index (Phi) is 2.36. The van der Waals surface area contributed by atoms with Crippen LogP contribution in [-0.4, -0.2) is 9.81 Å². The average molecular weight is 292 g/mol. The number of rotatable bonds is 3. The number of pyridine rings is 1. The van der Waals surface area contributed by atoms with Gasteiger partial charge in [-0.2, -0.15) is 0 Å². The van der Waals surface area contributed by atoms with Crippen molar-refractivity contribution in [2.45, 2.75) is 30.5 Å². The number of hydrogen-bond acceptors (Lipinski definition) is 1. The van der Waals surface area contributed by atoms with Crippen molar-refractivity contribution in [1.82, 2.24) is 4.98 Å². The van der Waals surface area contributed by atoms with Crippen molar-refractivity contribution in [2.24, 2.45) is 29.6 Å². The fourth-order valence-corrected chi connectivity index (χ4v) is 5.83. The van der Waals surface area contributed by atoms with Gasteiger partial charge in [0.25, 0.3) is 0 Å². The van der Waals surface area contributed by atoms with Crippen LogP contribution in [0.5, 0.6) is 0 Å². The van der Waals surface area contributed by atoms with Crippen LogP contribution in [0.2, 0.25) is 0 Å². The summed E-state index contributed by atoms with van der Waals surface area (Å²) in [6.45, 7) is 0. The molecular weight excluding hydrogens is 274 g/mol. The summed E-state index contributed by atoms with van der Waals surface area (Å²) in [5.74, 6) is 5.33. The molecule has 2 heteroatoms. The first kappa shape index (κ1) is 10.5. The van der Waals surface area contributed by atoms with E-state index >= 15 is 0 Å². The molecule has 5 unspecified atom stereocenters. The van der Waals surface area contributed by atoms with Crippen LogP contribution in [0, 0.1) is 29.6 Å². The van der Waals surface area contributed by atoms with E-state index in [-0.39, 0.29) is 0 Å². The third-order valence-electron chi connectivity index (χ3n) is 5.39. The van der Waals surface area contributed by atoms with E-state index in [0.717, 1.165) is 29.6 Å². The Hall–Kier alpha value is -0.370. The van der Waals surface area contributed by atoms with Gasteiger partial charge in [0, 0.05) is 17.2 Å². The van der Waals surface area contributed by atoms with E-state index in [9.17, 15) is 0 Å². The third kappa shape index (κ3) is 1.60. The predicted octanol–water partition coefficient (Wildman–Crippen LogP) is 3.68. The lowest BCUT2D eigenvalue weighted by atomic mass is 9.98. The second kappa shape index (κ2) is 3.81. The topological polar surface area (TPSA) is 12.9 Å². The molecule has 3 saturated carbocycles. The van der Waals surface area contributed by atoms with E-state index < -0.39 is 0 Å². The zero-order valence-electron chi connectivity index (χ0n) is 9.93. The largest absolute Gasteiger partial charge is 0.265 e. The SMILES string of the molecule is BrC(Cc1ccncc1)C1C2C3CCC(C3)C12. The Bertz CT molecular complexity index is 402. The van der Waals surface area contributed by atoms with Gasteiger partial charge in [0.05, 0.1) is 0 Å². The summed E-state index contributed by atoms with van der Waals surface area (Å²) in [7, 11) is 0. The van der Waals surface area contributed by atoms with Crippen LogP contribution in [0.25, 0.3) is 0 Å². The molecule has 3 aliphatic rings. The normalized spacial score (nSPS) is 43.5. The van der Waals surface area contributed by atoms with Crippen molar-refractivity contribution < 1.29 is 0 Å². The van der Waals surface area contributed by atoms with Crippen molar-refractivity contribution in [3.63, 3.8) is 0 Å². The van der Waals surface area contributed by atoms with E-state index in [2.05, 4.69) is 33.0 Å². The molecule has 0 aromatic carbocycles. The first-order chi connectivity index (χ1) is 8.34. The number of fused-ring (bicyclic) bond motifs is 5. The summed E-state index contributed by atoms with van der Waals surface area (Å²) < 4.78 is 0. The highest BCUT2D eigenvalue weighted by atomic mass is 79.9. The lowest BCUT2D eigenvalue weighted by molar-refractivity contribution is 0.455. The molecule has 90 valence electrons. The Morgan fingerprint density at radius 3 is 2.47 bits per heavy atom. The molecule has 0 amide bonds. The van der Waals surface area contributed by atoms with Crippen molar-refractivity contribution in [1.29, 1.82) is 0 Å². The van der Waals surface area contributed by atoms with Crippen LogP contribution in [-0.2, 0) is 6.42 Å². The molecule has 17 heavy (non-hydrogen) atoms. The van der Waals surface area contributed by atoms with Crippen molar-refractivity contribution in [3.05, 3.63) is 30.1 Å². The molecule has 0 spiro atoms. The zero-order chi connectivity index (χ0) is 11.4. The smallest absolute Gasteiger partial charge is 0.0270 e. The first-order valence-corrected chi connectivity index (χ1v) is 7.79. The molecule has 1 aromatic rings. The second-order valence-electron chi connectivity index (χ2n) is 6.14. The molecule has 2 bridgehead atoms. The van der Waals surface area contributed by atoms with Gasteiger partial charge in [-0.05, 0) is 73.0 Å². The minimum Gasteiger partial charge on any atom is -0.265 e. The van der Waals surface area contributed by atoms with Crippen LogP contribution in [0.1, 0.15) is 24.8 Å². The van der Waals surface area contributed by atoms with Crippen molar-refractivity contribution >= 4 is 15.9 Å². The Morgan fingerprint density at radius 1 is 1.18 bits per heavy atom. The molecule has 3 fully saturated rings. The summed E-state index contributed by atoms with van der Waals surface area (Å²) in [6.07, 6.45) is 9.61. The van der Waals surface area contributed by atoms with Crippen LogP contribution >= 0.6 is 15.9 Å². The van der Waals surface area contributed by atoms with E-state index in [4.69, 9.17) is 0 Å². The van der Waals surface area contributed by atoms with Gasteiger partial charge >= 0.3 is 0 Å². The number of halogens is 1. The van der Waals surface area contributed by atoms with Gasteiger partial charge in [-0.15, -0.1) is 0 Å². The van der Waals surface area contributed by atoms with Gasteiger partial charge in [-0.1, -0.05) is 15.9 Å². The van der Waals surface area contributed by atoms with Gasteiger partial charge < -0.3 is 0 Å². The standard InChI is InChI=1S/C15H18BrN/c16-12(7-9-3-5-17-6-4-9)15-13-10-1-2-11(8-10)14(13)15/h3-6,10-15H,1-2,7-8H2. The maximum Gasteiger partial charge on any atom is 0.0270 e.